The summed E-state index contributed by atoms with van der Waals surface area (Å²) >= 11 is 3.99. The van der Waals surface area contributed by atoms with E-state index in [9.17, 15) is 9.59 Å². The molecule has 122 valence electrons. The van der Waals surface area contributed by atoms with Gasteiger partial charge in [0.05, 0.1) is 26.4 Å². The normalized spacial score (nSPS) is 16.9. The highest BCUT2D eigenvalue weighted by Gasteiger charge is 2.16. The lowest BCUT2D eigenvalue weighted by Gasteiger charge is -2.30. The van der Waals surface area contributed by atoms with Crippen molar-refractivity contribution in [2.75, 3.05) is 65.7 Å². The summed E-state index contributed by atoms with van der Waals surface area (Å²) in [5.41, 5.74) is 0. The smallest absolute Gasteiger partial charge is 0.234 e. The van der Waals surface area contributed by atoms with Crippen LogP contribution in [-0.2, 0) is 19.1 Å². The summed E-state index contributed by atoms with van der Waals surface area (Å²) in [7, 11) is 0. The van der Waals surface area contributed by atoms with Crippen LogP contribution in [0.1, 0.15) is 0 Å². The van der Waals surface area contributed by atoms with Crippen molar-refractivity contribution >= 4 is 55.2 Å². The quantitative estimate of drug-likeness (QED) is 0.189. The average molecular weight is 525 g/mol. The van der Waals surface area contributed by atoms with Gasteiger partial charge in [0.25, 0.3) is 0 Å². The molecule has 0 unspecified atom stereocenters. The van der Waals surface area contributed by atoms with Gasteiger partial charge < -0.3 is 14.8 Å². The summed E-state index contributed by atoms with van der Waals surface area (Å²) in [5, 5.41) is 2.83. The second-order valence-electron chi connectivity index (χ2n) is 4.56. The highest BCUT2D eigenvalue weighted by Crippen LogP contribution is 2.05. The van der Waals surface area contributed by atoms with E-state index in [4.69, 9.17) is 9.47 Å². The summed E-state index contributed by atoms with van der Waals surface area (Å²) in [6, 6.07) is 0. The lowest BCUT2D eigenvalue weighted by molar-refractivity contribution is -0.122. The van der Waals surface area contributed by atoms with Gasteiger partial charge in [-0.05, 0) is 0 Å². The molecule has 1 N–H and O–H groups in total. The van der Waals surface area contributed by atoms with Crippen molar-refractivity contribution in [1.29, 1.82) is 0 Å². The number of carbonyl (C=O) groups excluding carboxylic acids is 2. The molecule has 1 saturated heterocycles. The minimum atomic E-state index is -0.0248. The van der Waals surface area contributed by atoms with Crippen molar-refractivity contribution < 1.29 is 19.1 Å². The fourth-order valence-corrected chi connectivity index (χ4v) is 2.43. The van der Waals surface area contributed by atoms with E-state index in [0.717, 1.165) is 26.2 Å². The molecule has 1 amide bonds. The van der Waals surface area contributed by atoms with Crippen molar-refractivity contribution in [3.63, 3.8) is 0 Å². The van der Waals surface area contributed by atoms with Crippen LogP contribution in [0.4, 0.5) is 0 Å². The third-order valence-electron chi connectivity index (χ3n) is 2.84. The van der Waals surface area contributed by atoms with Gasteiger partial charge in [-0.1, -0.05) is 0 Å². The molecule has 0 atom stereocenters. The monoisotopic (exact) mass is 525 g/mol. The lowest BCUT2D eigenvalue weighted by atomic mass is 10.3. The second-order valence-corrected chi connectivity index (χ2v) is 7.12. The van der Waals surface area contributed by atoms with Crippen LogP contribution in [0, 0.1) is 0 Å². The maximum atomic E-state index is 11.7. The third-order valence-corrected chi connectivity index (χ3v) is 4.12. The van der Waals surface area contributed by atoms with Crippen LogP contribution >= 0.6 is 45.5 Å². The molecule has 0 aromatic rings. The maximum Gasteiger partial charge on any atom is 0.234 e. The zero-order chi connectivity index (χ0) is 15.5. The first-order chi connectivity index (χ1) is 10.1. The summed E-state index contributed by atoms with van der Waals surface area (Å²) in [6.45, 7) is 6.19. The predicted octanol–water partition coefficient (Wildman–Crippen LogP) is 0.0650. The molecule has 0 bridgehead atoms. The fraction of sp³-hybridized carbons (Fsp3) is 0.833. The van der Waals surface area contributed by atoms with Gasteiger partial charge in [0, 0.05) is 78.2 Å². The van der Waals surface area contributed by atoms with Gasteiger partial charge >= 0.3 is 0 Å². The summed E-state index contributed by atoms with van der Waals surface area (Å²) in [4.78, 5) is 24.5. The minimum absolute atomic E-state index is 0.0248. The Morgan fingerprint density at radius 1 is 1.05 bits per heavy atom. The zero-order valence-corrected chi connectivity index (χ0v) is 16.2. The number of piperazine rings is 1. The van der Waals surface area contributed by atoms with E-state index in [-0.39, 0.29) is 16.3 Å². The molecule has 0 spiro atoms. The van der Waals surface area contributed by atoms with E-state index >= 15 is 0 Å². The van der Waals surface area contributed by atoms with E-state index in [0.29, 0.717) is 32.9 Å². The predicted molar refractivity (Wildman–Crippen MR) is 95.7 cm³/mol. The third kappa shape index (κ3) is 10.7. The molecule has 9 heteroatoms. The largest absolute Gasteiger partial charge is 0.377 e. The first kappa shape index (κ1) is 19.5. The van der Waals surface area contributed by atoms with Gasteiger partial charge in [-0.2, -0.15) is 0 Å². The molecule has 0 aromatic carbocycles. The first-order valence-corrected chi connectivity index (χ1v) is 8.86. The molecule has 1 aliphatic heterocycles. The number of nitrogens with zero attached hydrogens (tertiary/aromatic N) is 2. The van der Waals surface area contributed by atoms with Crippen LogP contribution in [0.5, 0.6) is 0 Å². The van der Waals surface area contributed by atoms with Gasteiger partial charge in [0.15, 0.2) is 0 Å². The molecule has 0 saturated carbocycles. The Balaban J connectivity index is 1.90. The van der Waals surface area contributed by atoms with Crippen molar-refractivity contribution in [3.8, 4) is 0 Å². The number of rotatable bonds is 10. The molecule has 7 nitrogen and oxygen atoms in total. The van der Waals surface area contributed by atoms with Crippen molar-refractivity contribution in [1.82, 2.24) is 13.3 Å². The molecular weight excluding hydrogens is 504 g/mol. The Kier molecular flexibility index (Phi) is 11.1. The molecule has 1 rings (SSSR count). The van der Waals surface area contributed by atoms with Crippen LogP contribution in [0.15, 0.2) is 0 Å². The number of hydrogen-bond acceptors (Lipinski definition) is 6. The van der Waals surface area contributed by atoms with Gasteiger partial charge in [-0.15, -0.1) is 0 Å². The zero-order valence-electron chi connectivity index (χ0n) is 11.9. The van der Waals surface area contributed by atoms with Gasteiger partial charge in [-0.25, -0.2) is 3.11 Å². The number of hydrogen-bond donors (Lipinski definition) is 1. The highest BCUT2D eigenvalue weighted by atomic mass is 127. The topological polar surface area (TPSA) is 71.1 Å². The maximum absolute atomic E-state index is 11.7. The number of ether oxygens (including phenoxy) is 2. The summed E-state index contributed by atoms with van der Waals surface area (Å²) in [6.07, 6.45) is 0. The average Bonchev–Trinajstić information content (AvgIpc) is 2.44. The molecular formula is C12H21I2N3O4. The fourth-order valence-electron chi connectivity index (χ4n) is 1.78. The number of carbonyl (C=O) groups is 2. The van der Waals surface area contributed by atoms with Crippen LogP contribution in [-0.4, -0.2) is 83.4 Å². The summed E-state index contributed by atoms with van der Waals surface area (Å²) < 4.78 is 12.6. The molecule has 21 heavy (non-hydrogen) atoms. The van der Waals surface area contributed by atoms with Crippen molar-refractivity contribution in [3.05, 3.63) is 0 Å². The molecule has 0 radical (unpaired) electrons. The van der Waals surface area contributed by atoms with Crippen LogP contribution in [0.2, 0.25) is 0 Å². The van der Waals surface area contributed by atoms with E-state index < -0.39 is 0 Å². The lowest BCUT2D eigenvalue weighted by Crippen LogP contribution is -2.46. The van der Waals surface area contributed by atoms with Crippen LogP contribution in [0.25, 0.3) is 0 Å². The Hall–Kier alpha value is 0.440. The van der Waals surface area contributed by atoms with E-state index in [2.05, 4.69) is 36.2 Å². The molecule has 0 aliphatic carbocycles. The molecule has 1 fully saturated rings. The van der Waals surface area contributed by atoms with Gasteiger partial charge in [0.1, 0.15) is 6.61 Å². The molecule has 1 aliphatic rings. The van der Waals surface area contributed by atoms with Gasteiger partial charge in [-0.3, -0.25) is 14.5 Å². The Bertz CT molecular complexity index is 326. The van der Waals surface area contributed by atoms with E-state index in [1.165, 1.54) is 0 Å². The number of amides is 1. The Morgan fingerprint density at radius 2 is 1.71 bits per heavy atom. The highest BCUT2D eigenvalue weighted by molar-refractivity contribution is 14.1. The Morgan fingerprint density at radius 3 is 2.38 bits per heavy atom. The molecule has 0 aromatic heterocycles. The standard InChI is InChI=1S/C12H21I2N3O4/c13-11(18)10-21-8-7-20-6-1-15-12(19)9-16-2-4-17(14)5-3-16/h1-10H2,(H,15,19). The van der Waals surface area contributed by atoms with Crippen molar-refractivity contribution in [2.24, 2.45) is 0 Å². The minimum Gasteiger partial charge on any atom is -0.377 e. The number of nitrogens with one attached hydrogen (secondary N) is 1. The van der Waals surface area contributed by atoms with Crippen LogP contribution in [0.3, 0.4) is 0 Å². The second kappa shape index (κ2) is 11.9. The van der Waals surface area contributed by atoms with E-state index in [1.807, 2.05) is 0 Å². The van der Waals surface area contributed by atoms with E-state index in [1.54, 1.807) is 22.6 Å². The van der Waals surface area contributed by atoms with Crippen molar-refractivity contribution in [2.45, 2.75) is 0 Å². The number of halogens is 2. The molecule has 1 heterocycles. The van der Waals surface area contributed by atoms with Crippen LogP contribution < -0.4 is 5.32 Å². The SMILES string of the molecule is O=C(I)COCCOCCNC(=O)CN1CCN(I)CC1. The van der Waals surface area contributed by atoms with Gasteiger partial charge in [0.2, 0.25) is 9.70 Å². The summed E-state index contributed by atoms with van der Waals surface area (Å²) in [5.74, 6) is 0.0345. The Labute approximate surface area is 152 Å². The first-order valence-electron chi connectivity index (χ1n) is 6.81.